The molecule has 0 unspecified atom stereocenters. The molecule has 1 aromatic rings. The first-order valence-corrected chi connectivity index (χ1v) is 6.85. The summed E-state index contributed by atoms with van der Waals surface area (Å²) in [4.78, 5) is 11.7. The molecule has 4 N–H and O–H groups in total. The fourth-order valence-corrected chi connectivity index (χ4v) is 2.06. The van der Waals surface area contributed by atoms with Crippen LogP contribution in [-0.2, 0) is 4.79 Å². The molecule has 6 nitrogen and oxygen atoms in total. The third kappa shape index (κ3) is 4.60. The summed E-state index contributed by atoms with van der Waals surface area (Å²) in [5.41, 5.74) is -1.47. The Morgan fingerprint density at radius 3 is 2.40 bits per heavy atom. The minimum Gasteiger partial charge on any atom is -0.482 e. The smallest absolute Gasteiger partial charge is 0.258 e. The number of carbonyl (C=O) groups excluding carboxylic acids is 1. The minimum absolute atomic E-state index is 0.326. The van der Waals surface area contributed by atoms with Gasteiger partial charge < -0.3 is 25.4 Å². The van der Waals surface area contributed by atoms with Crippen LogP contribution in [0, 0.1) is 0 Å². The summed E-state index contributed by atoms with van der Waals surface area (Å²) in [6.45, 7) is -2.14. The van der Waals surface area contributed by atoms with Crippen LogP contribution in [0.5, 0.6) is 5.75 Å². The topological polar surface area (TPSA) is 99.0 Å². The lowest BCUT2D eigenvalue weighted by atomic mass is 10.0. The highest BCUT2D eigenvalue weighted by molar-refractivity contribution is 9.10. The molecule has 0 radical (unpaired) electrons. The average molecular weight is 369 g/mol. The van der Waals surface area contributed by atoms with Crippen molar-refractivity contribution in [3.8, 4) is 5.75 Å². The van der Waals surface area contributed by atoms with Crippen molar-refractivity contribution in [3.05, 3.63) is 27.7 Å². The second kappa shape index (κ2) is 7.80. The van der Waals surface area contributed by atoms with Gasteiger partial charge in [0.25, 0.3) is 5.91 Å². The lowest BCUT2D eigenvalue weighted by Crippen LogP contribution is -2.58. The molecule has 0 saturated heterocycles. The van der Waals surface area contributed by atoms with E-state index in [2.05, 4.69) is 21.2 Å². The van der Waals surface area contributed by atoms with Gasteiger partial charge in [-0.2, -0.15) is 0 Å². The third-order valence-corrected chi connectivity index (χ3v) is 3.35. The van der Waals surface area contributed by atoms with Crippen LogP contribution in [0.1, 0.15) is 0 Å². The lowest BCUT2D eigenvalue weighted by Gasteiger charge is -2.28. The average Bonchev–Trinajstić information content (AvgIpc) is 2.44. The number of hydrogen-bond acceptors (Lipinski definition) is 5. The van der Waals surface area contributed by atoms with E-state index in [0.717, 1.165) is 4.47 Å². The highest BCUT2D eigenvalue weighted by Crippen LogP contribution is 2.27. The van der Waals surface area contributed by atoms with Gasteiger partial charge in [-0.15, -0.1) is 0 Å². The molecular formula is C12H15BrClNO5. The molecule has 0 atom stereocenters. The van der Waals surface area contributed by atoms with Crippen LogP contribution in [0.15, 0.2) is 22.7 Å². The van der Waals surface area contributed by atoms with E-state index in [1.54, 1.807) is 18.2 Å². The Labute approximate surface area is 129 Å². The van der Waals surface area contributed by atoms with Crippen LogP contribution in [0.3, 0.4) is 0 Å². The third-order valence-electron chi connectivity index (χ3n) is 2.57. The Balaban J connectivity index is 2.59. The molecule has 0 spiro atoms. The second-order valence-electron chi connectivity index (χ2n) is 4.17. The zero-order chi connectivity index (χ0) is 15.2. The van der Waals surface area contributed by atoms with Gasteiger partial charge >= 0.3 is 0 Å². The Hall–Kier alpha value is -0.860. The van der Waals surface area contributed by atoms with Gasteiger partial charge in [0.1, 0.15) is 11.3 Å². The molecule has 0 aliphatic rings. The molecule has 112 valence electrons. The summed E-state index contributed by atoms with van der Waals surface area (Å²) in [6.07, 6.45) is 0. The number of carbonyl (C=O) groups is 1. The van der Waals surface area contributed by atoms with E-state index in [-0.39, 0.29) is 6.61 Å². The normalized spacial score (nSPS) is 11.2. The predicted molar refractivity (Wildman–Crippen MR) is 76.8 cm³/mol. The SMILES string of the molecule is O=C(COc1ccc(Br)cc1Cl)NC(CO)(CO)CO. The number of benzene rings is 1. The van der Waals surface area contributed by atoms with Gasteiger partial charge in [-0.25, -0.2) is 0 Å². The lowest BCUT2D eigenvalue weighted by molar-refractivity contribution is -0.127. The minimum atomic E-state index is -1.47. The van der Waals surface area contributed by atoms with Crippen molar-refractivity contribution in [1.82, 2.24) is 5.32 Å². The van der Waals surface area contributed by atoms with E-state index in [9.17, 15) is 4.79 Å². The van der Waals surface area contributed by atoms with Crippen LogP contribution in [0.2, 0.25) is 5.02 Å². The molecule has 0 aliphatic carbocycles. The van der Waals surface area contributed by atoms with Crippen molar-refractivity contribution in [2.45, 2.75) is 5.54 Å². The highest BCUT2D eigenvalue weighted by Gasteiger charge is 2.30. The Kier molecular flexibility index (Phi) is 6.70. The summed E-state index contributed by atoms with van der Waals surface area (Å²) in [6, 6.07) is 4.92. The fourth-order valence-electron chi connectivity index (χ4n) is 1.34. The number of aliphatic hydroxyl groups excluding tert-OH is 3. The standard InChI is InChI=1S/C12H15BrClNO5/c13-8-1-2-10(9(14)3-8)20-4-11(19)15-12(5-16,6-17)7-18/h1-3,16-18H,4-7H2,(H,15,19). The van der Waals surface area contributed by atoms with Gasteiger partial charge in [-0.3, -0.25) is 4.79 Å². The summed E-state index contributed by atoms with van der Waals surface area (Å²) in [5, 5.41) is 29.9. The van der Waals surface area contributed by atoms with Gasteiger partial charge in [-0.05, 0) is 18.2 Å². The van der Waals surface area contributed by atoms with Gasteiger partial charge in [0.15, 0.2) is 6.61 Å². The molecule has 0 bridgehead atoms. The van der Waals surface area contributed by atoms with Crippen molar-refractivity contribution in [2.24, 2.45) is 0 Å². The van der Waals surface area contributed by atoms with Gasteiger partial charge in [-0.1, -0.05) is 27.5 Å². The molecule has 0 saturated carbocycles. The zero-order valence-corrected chi connectivity index (χ0v) is 12.8. The Morgan fingerprint density at radius 1 is 1.30 bits per heavy atom. The van der Waals surface area contributed by atoms with E-state index in [0.29, 0.717) is 10.8 Å². The quantitative estimate of drug-likeness (QED) is 0.555. The number of nitrogens with one attached hydrogen (secondary N) is 1. The molecule has 20 heavy (non-hydrogen) atoms. The first-order valence-electron chi connectivity index (χ1n) is 5.68. The molecule has 1 amide bonds. The van der Waals surface area contributed by atoms with Crippen molar-refractivity contribution in [3.63, 3.8) is 0 Å². The number of rotatable bonds is 7. The maximum Gasteiger partial charge on any atom is 0.258 e. The van der Waals surface area contributed by atoms with Gasteiger partial charge in [0.2, 0.25) is 0 Å². The molecule has 1 rings (SSSR count). The van der Waals surface area contributed by atoms with Crippen LogP contribution in [-0.4, -0.2) is 53.2 Å². The summed E-state index contributed by atoms with van der Waals surface area (Å²) in [5.74, 6) is -0.270. The van der Waals surface area contributed by atoms with Crippen molar-refractivity contribution < 1.29 is 24.9 Å². The zero-order valence-electron chi connectivity index (χ0n) is 10.5. The molecule has 1 aromatic carbocycles. The van der Waals surface area contributed by atoms with Gasteiger partial charge in [0, 0.05) is 4.47 Å². The first kappa shape index (κ1) is 17.2. The second-order valence-corrected chi connectivity index (χ2v) is 5.49. The fraction of sp³-hybridized carbons (Fsp3) is 0.417. The molecule has 0 heterocycles. The molecule has 8 heteroatoms. The highest BCUT2D eigenvalue weighted by atomic mass is 79.9. The molecule has 0 aromatic heterocycles. The maximum absolute atomic E-state index is 11.7. The summed E-state index contributed by atoms with van der Waals surface area (Å²) in [7, 11) is 0. The van der Waals surface area contributed by atoms with Crippen LogP contribution in [0.4, 0.5) is 0 Å². The van der Waals surface area contributed by atoms with Crippen LogP contribution >= 0.6 is 27.5 Å². The number of aliphatic hydroxyl groups is 3. The van der Waals surface area contributed by atoms with Crippen molar-refractivity contribution >= 4 is 33.4 Å². The maximum atomic E-state index is 11.7. The molecule has 0 fully saturated rings. The van der Waals surface area contributed by atoms with E-state index in [4.69, 9.17) is 31.7 Å². The Bertz CT molecular complexity index is 459. The van der Waals surface area contributed by atoms with Crippen LogP contribution < -0.4 is 10.1 Å². The number of hydrogen-bond donors (Lipinski definition) is 4. The van der Waals surface area contributed by atoms with E-state index < -0.39 is 31.3 Å². The number of halogens is 2. The van der Waals surface area contributed by atoms with Gasteiger partial charge in [0.05, 0.1) is 24.8 Å². The monoisotopic (exact) mass is 367 g/mol. The number of amides is 1. The Morgan fingerprint density at radius 2 is 1.90 bits per heavy atom. The summed E-state index contributed by atoms with van der Waals surface area (Å²) < 4.78 is 6.00. The van der Waals surface area contributed by atoms with Crippen molar-refractivity contribution in [2.75, 3.05) is 26.4 Å². The van der Waals surface area contributed by atoms with Crippen LogP contribution in [0.25, 0.3) is 0 Å². The van der Waals surface area contributed by atoms with E-state index in [1.165, 1.54) is 0 Å². The van der Waals surface area contributed by atoms with E-state index >= 15 is 0 Å². The largest absolute Gasteiger partial charge is 0.482 e. The van der Waals surface area contributed by atoms with E-state index in [1.807, 2.05) is 0 Å². The summed E-state index contributed by atoms with van der Waals surface area (Å²) >= 11 is 9.16. The molecular weight excluding hydrogens is 353 g/mol. The van der Waals surface area contributed by atoms with Crippen molar-refractivity contribution in [1.29, 1.82) is 0 Å². The molecule has 0 aliphatic heterocycles. The number of ether oxygens (including phenoxy) is 1. The predicted octanol–water partition coefficient (Wildman–Crippen LogP) is 0.313. The first-order chi connectivity index (χ1) is 9.46.